The van der Waals surface area contributed by atoms with Gasteiger partial charge in [0.25, 0.3) is 5.91 Å². The third-order valence-electron chi connectivity index (χ3n) is 7.03. The monoisotopic (exact) mass is 548 g/mol. The Labute approximate surface area is 232 Å². The fourth-order valence-electron chi connectivity index (χ4n) is 4.79. The van der Waals surface area contributed by atoms with Gasteiger partial charge in [-0.1, -0.05) is 62.2 Å². The summed E-state index contributed by atoms with van der Waals surface area (Å²) in [5.41, 5.74) is 9.90. The highest BCUT2D eigenvalue weighted by Gasteiger charge is 2.20. The summed E-state index contributed by atoms with van der Waals surface area (Å²) in [6, 6.07) is 16.4. The van der Waals surface area contributed by atoms with Crippen molar-refractivity contribution in [3.05, 3.63) is 94.4 Å². The molecule has 4 aromatic rings. The van der Waals surface area contributed by atoms with Gasteiger partial charge in [-0.05, 0) is 66.3 Å². The molecule has 0 saturated heterocycles. The molecule has 1 saturated carbocycles. The van der Waals surface area contributed by atoms with E-state index in [-0.39, 0.29) is 22.5 Å². The summed E-state index contributed by atoms with van der Waals surface area (Å²) in [6.45, 7) is 5.60. The number of benzene rings is 3. The minimum absolute atomic E-state index is 0.148. The molecule has 39 heavy (non-hydrogen) atoms. The number of ether oxygens (including phenoxy) is 1. The molecule has 0 unspecified atom stereocenters. The van der Waals surface area contributed by atoms with Crippen LogP contribution in [0.25, 0.3) is 27.3 Å². The van der Waals surface area contributed by atoms with E-state index in [2.05, 4.69) is 11.9 Å². The van der Waals surface area contributed by atoms with Gasteiger partial charge >= 0.3 is 0 Å². The first-order valence-electron chi connectivity index (χ1n) is 13.1. The zero-order valence-corrected chi connectivity index (χ0v) is 23.2. The second kappa shape index (κ2) is 13.0. The second-order valence-corrected chi connectivity index (χ2v) is 10.7. The van der Waals surface area contributed by atoms with E-state index in [0.29, 0.717) is 22.2 Å². The van der Waals surface area contributed by atoms with Gasteiger partial charge in [-0.15, -0.1) is 11.3 Å². The molecular weight excluding hydrogens is 514 g/mol. The number of fused-ring (bicyclic) bond motifs is 1. The third-order valence-corrected chi connectivity index (χ3v) is 8.33. The highest BCUT2D eigenvalue weighted by molar-refractivity contribution is 7.21. The Morgan fingerprint density at radius 2 is 1.72 bits per heavy atom. The van der Waals surface area contributed by atoms with Crippen LogP contribution in [0.5, 0.6) is 5.75 Å². The molecule has 1 heterocycles. The number of rotatable bonds is 6. The number of halogens is 2. The van der Waals surface area contributed by atoms with Gasteiger partial charge in [0.2, 0.25) is 0 Å². The molecule has 7 heteroatoms. The Morgan fingerprint density at radius 1 is 1.05 bits per heavy atom. The smallest absolute Gasteiger partial charge is 0.261 e. The maximum Gasteiger partial charge on any atom is 0.261 e. The van der Waals surface area contributed by atoms with Gasteiger partial charge in [-0.2, -0.15) is 0 Å². The van der Waals surface area contributed by atoms with Crippen LogP contribution in [0.4, 0.5) is 8.78 Å². The van der Waals surface area contributed by atoms with Gasteiger partial charge in [-0.25, -0.2) is 8.78 Å². The Balaban J connectivity index is 0.000000438. The van der Waals surface area contributed by atoms with Crippen molar-refractivity contribution in [2.24, 2.45) is 5.73 Å². The zero-order chi connectivity index (χ0) is 27.9. The first kappa shape index (κ1) is 28.5. The van der Waals surface area contributed by atoms with E-state index in [9.17, 15) is 13.6 Å². The van der Waals surface area contributed by atoms with Gasteiger partial charge in [0.1, 0.15) is 17.4 Å². The molecule has 204 valence electrons. The average Bonchev–Trinajstić information content (AvgIpc) is 3.32. The summed E-state index contributed by atoms with van der Waals surface area (Å²) >= 11 is 0.955. The van der Waals surface area contributed by atoms with Crippen LogP contribution in [-0.2, 0) is 6.54 Å². The lowest BCUT2D eigenvalue weighted by atomic mass is 9.97. The molecule has 1 amide bonds. The van der Waals surface area contributed by atoms with Crippen LogP contribution in [0.1, 0.15) is 58.5 Å². The van der Waals surface area contributed by atoms with Crippen LogP contribution in [0.15, 0.2) is 61.2 Å². The van der Waals surface area contributed by atoms with Crippen molar-refractivity contribution >= 4 is 33.4 Å². The first-order chi connectivity index (χ1) is 18.8. The average molecular weight is 549 g/mol. The van der Waals surface area contributed by atoms with Gasteiger partial charge in [0.05, 0.1) is 16.7 Å². The van der Waals surface area contributed by atoms with E-state index in [0.717, 1.165) is 45.7 Å². The highest BCUT2D eigenvalue weighted by Crippen LogP contribution is 2.35. The predicted molar refractivity (Wildman–Crippen MR) is 157 cm³/mol. The molecule has 1 fully saturated rings. The first-order valence-corrected chi connectivity index (χ1v) is 13.9. The van der Waals surface area contributed by atoms with Crippen molar-refractivity contribution in [1.82, 2.24) is 5.32 Å². The minimum atomic E-state index is -0.537. The molecule has 1 aromatic heterocycles. The lowest BCUT2D eigenvalue weighted by Crippen LogP contribution is -2.22. The number of nitrogens with one attached hydrogen (secondary N) is 1. The molecule has 3 aromatic carbocycles. The third kappa shape index (κ3) is 6.72. The van der Waals surface area contributed by atoms with Crippen LogP contribution in [0.3, 0.4) is 0 Å². The van der Waals surface area contributed by atoms with Crippen LogP contribution in [0.2, 0.25) is 0 Å². The van der Waals surface area contributed by atoms with Crippen LogP contribution in [0, 0.1) is 18.6 Å². The number of methoxy groups -OCH3 is 1. The van der Waals surface area contributed by atoms with E-state index < -0.39 is 11.6 Å². The Bertz CT molecular complexity index is 1460. The maximum atomic E-state index is 14.2. The van der Waals surface area contributed by atoms with Crippen molar-refractivity contribution in [3.8, 4) is 16.9 Å². The molecule has 1 aliphatic carbocycles. The number of amides is 1. The molecule has 0 atom stereocenters. The van der Waals surface area contributed by atoms with Crippen molar-refractivity contribution < 1.29 is 18.3 Å². The Morgan fingerprint density at radius 3 is 2.31 bits per heavy atom. The number of hydrogen-bond donors (Lipinski definition) is 2. The molecule has 1 aliphatic rings. The number of carbonyl (C=O) groups excluding carboxylic acids is 1. The molecule has 0 bridgehead atoms. The number of thiophene rings is 1. The summed E-state index contributed by atoms with van der Waals surface area (Å²) in [5.74, 6) is -0.816. The van der Waals surface area contributed by atoms with Gasteiger partial charge in [-0.3, -0.25) is 4.79 Å². The van der Waals surface area contributed by atoms with E-state index in [1.54, 1.807) is 20.1 Å². The number of aryl methyl sites for hydroxylation is 1. The second-order valence-electron chi connectivity index (χ2n) is 9.72. The molecule has 5 rings (SSSR count). The van der Waals surface area contributed by atoms with Crippen molar-refractivity contribution in [3.63, 3.8) is 0 Å². The van der Waals surface area contributed by atoms with Crippen LogP contribution in [-0.4, -0.2) is 19.1 Å². The number of nitrogens with two attached hydrogens (primary N) is 1. The normalized spacial score (nSPS) is 13.5. The Hall–Kier alpha value is -3.55. The summed E-state index contributed by atoms with van der Waals surface area (Å²) in [7, 11) is 1.57. The number of carbonyl (C=O) groups is 1. The van der Waals surface area contributed by atoms with E-state index in [1.165, 1.54) is 32.1 Å². The van der Waals surface area contributed by atoms with Gasteiger partial charge in [0, 0.05) is 23.5 Å². The molecule has 3 N–H and O–H groups in total. The van der Waals surface area contributed by atoms with E-state index >= 15 is 0 Å². The molecular formula is C32H34F2N2O2S. The van der Waals surface area contributed by atoms with E-state index in [1.807, 2.05) is 42.5 Å². The molecule has 0 spiro atoms. The van der Waals surface area contributed by atoms with Crippen molar-refractivity contribution in [2.75, 3.05) is 7.11 Å². The van der Waals surface area contributed by atoms with Gasteiger partial charge in [0.15, 0.2) is 0 Å². The predicted octanol–water partition coefficient (Wildman–Crippen LogP) is 8.01. The summed E-state index contributed by atoms with van der Waals surface area (Å²) in [6.07, 6.45) is 8.45. The SMILES string of the molecule is C=Cc1ccc(-c2ccc(OC)c(CNC(=O)c3sc4c(F)ccc(F)c4c3C)c2)cc1.NC1CCCCC1. The lowest BCUT2D eigenvalue weighted by Gasteiger charge is -2.15. The highest BCUT2D eigenvalue weighted by atomic mass is 32.1. The fourth-order valence-corrected chi connectivity index (χ4v) is 5.93. The largest absolute Gasteiger partial charge is 0.496 e. The van der Waals surface area contributed by atoms with Crippen LogP contribution < -0.4 is 15.8 Å². The number of hydrogen-bond acceptors (Lipinski definition) is 4. The Kier molecular flexibility index (Phi) is 9.49. The molecule has 0 radical (unpaired) electrons. The quantitative estimate of drug-likeness (QED) is 0.256. The van der Waals surface area contributed by atoms with E-state index in [4.69, 9.17) is 10.5 Å². The molecule has 0 aliphatic heterocycles. The minimum Gasteiger partial charge on any atom is -0.496 e. The zero-order valence-electron chi connectivity index (χ0n) is 22.4. The summed E-state index contributed by atoms with van der Waals surface area (Å²) < 4.78 is 33.9. The standard InChI is InChI=1S/C26H21F2NO2S.C6H13N/c1-4-16-5-7-17(8-6-16)18-9-12-22(31-3)19(13-18)14-29-26(30)24-15(2)23-20(27)10-11-21(28)25(23)32-24;7-6-4-2-1-3-5-6/h4-13H,1,14H2,2-3H3,(H,29,30);6H,1-5,7H2. The van der Waals surface area contributed by atoms with Gasteiger partial charge < -0.3 is 15.8 Å². The molecule has 4 nitrogen and oxygen atoms in total. The lowest BCUT2D eigenvalue weighted by molar-refractivity contribution is 0.0954. The topological polar surface area (TPSA) is 64.3 Å². The maximum absolute atomic E-state index is 14.2. The fraction of sp³-hybridized carbons (Fsp3) is 0.281. The summed E-state index contributed by atoms with van der Waals surface area (Å²) in [4.78, 5) is 13.2. The van der Waals surface area contributed by atoms with Crippen molar-refractivity contribution in [1.29, 1.82) is 0 Å². The van der Waals surface area contributed by atoms with Crippen molar-refractivity contribution in [2.45, 2.75) is 51.6 Å². The van der Waals surface area contributed by atoms with Crippen LogP contribution >= 0.6 is 11.3 Å². The summed E-state index contributed by atoms with van der Waals surface area (Å²) in [5, 5.41) is 3.02.